The normalized spacial score (nSPS) is 18.8. The van der Waals surface area contributed by atoms with Crippen molar-refractivity contribution in [3.63, 3.8) is 0 Å². The Bertz CT molecular complexity index is 1420. The molecule has 1 aromatic carbocycles. The fourth-order valence-corrected chi connectivity index (χ4v) is 5.42. The summed E-state index contributed by atoms with van der Waals surface area (Å²) in [5.41, 5.74) is 3.29. The van der Waals surface area contributed by atoms with Crippen molar-refractivity contribution >= 4 is 35.3 Å². The molecule has 3 aromatic rings. The van der Waals surface area contributed by atoms with E-state index in [-0.39, 0.29) is 18.1 Å². The molecule has 2 atom stereocenters. The quantitative estimate of drug-likeness (QED) is 0.405. The predicted octanol–water partition coefficient (Wildman–Crippen LogP) is 4.79. The lowest BCUT2D eigenvalue weighted by Gasteiger charge is -2.44. The summed E-state index contributed by atoms with van der Waals surface area (Å²) in [6, 6.07) is 14.3. The van der Waals surface area contributed by atoms with E-state index in [0.717, 1.165) is 18.4 Å². The maximum Gasteiger partial charge on any atom is 0.325 e. The number of ether oxygens (including phenoxy) is 1. The number of carbonyl (C=O) groups is 2. The van der Waals surface area contributed by atoms with Gasteiger partial charge < -0.3 is 14.5 Å². The van der Waals surface area contributed by atoms with Crippen LogP contribution in [0.2, 0.25) is 5.02 Å². The van der Waals surface area contributed by atoms with Gasteiger partial charge in [0.25, 0.3) is 0 Å². The molecule has 10 heteroatoms. The number of fused-ring (bicyclic) bond motifs is 1. The van der Waals surface area contributed by atoms with Crippen molar-refractivity contribution in [1.82, 2.24) is 14.9 Å². The Labute approximate surface area is 226 Å². The number of nitrogens with zero attached hydrogens (tertiary/aromatic N) is 6. The minimum absolute atomic E-state index is 0.000433. The maximum atomic E-state index is 13.4. The summed E-state index contributed by atoms with van der Waals surface area (Å²) >= 11 is 6.07. The number of halogens is 1. The van der Waals surface area contributed by atoms with Crippen LogP contribution in [0.5, 0.6) is 5.88 Å². The maximum absolute atomic E-state index is 13.4. The van der Waals surface area contributed by atoms with Crippen LogP contribution in [0.25, 0.3) is 11.3 Å². The zero-order valence-corrected chi connectivity index (χ0v) is 21.9. The molecule has 0 unspecified atom stereocenters. The van der Waals surface area contributed by atoms with Gasteiger partial charge in [0.1, 0.15) is 11.8 Å². The molecule has 2 aliphatic heterocycles. The van der Waals surface area contributed by atoms with Gasteiger partial charge in [-0.2, -0.15) is 5.26 Å². The third kappa shape index (κ3) is 4.52. The second kappa shape index (κ2) is 10.7. The molecule has 0 aliphatic carbocycles. The lowest BCUT2D eigenvalue weighted by atomic mass is 10.0. The van der Waals surface area contributed by atoms with Gasteiger partial charge in [0.15, 0.2) is 6.29 Å². The number of aromatic nitrogens is 2. The van der Waals surface area contributed by atoms with Crippen LogP contribution in [0, 0.1) is 11.3 Å². The lowest BCUT2D eigenvalue weighted by molar-refractivity contribution is 0.111. The average Bonchev–Trinajstić information content (AvgIpc) is 3.27. The number of aldehydes is 1. The van der Waals surface area contributed by atoms with Crippen molar-refractivity contribution in [3.8, 4) is 23.2 Å². The van der Waals surface area contributed by atoms with E-state index < -0.39 is 0 Å². The standard InChI is InChI=1S/C28H27ClN6O3/c1-3-20-14-34-21(16-35(28(34)37)25-9-7-19(29)12-18(25)13-30)15-33(20)26-10-8-23(32-24(26)17-36)22-6-5-11-31-27(22)38-4-2/h5-12,17,20-21H,3-4,14-16H2,1-2H3/t20-,21+/m1/s1. The third-order valence-corrected chi connectivity index (χ3v) is 7.29. The van der Waals surface area contributed by atoms with Crippen LogP contribution < -0.4 is 14.5 Å². The number of piperazine rings is 1. The highest BCUT2D eigenvalue weighted by molar-refractivity contribution is 6.30. The number of rotatable bonds is 7. The van der Waals surface area contributed by atoms with Crippen LogP contribution in [0.1, 0.15) is 36.3 Å². The number of nitriles is 1. The molecule has 2 aromatic heterocycles. The highest BCUT2D eigenvalue weighted by atomic mass is 35.5. The number of carbonyl (C=O) groups excluding carboxylic acids is 2. The van der Waals surface area contributed by atoms with E-state index in [9.17, 15) is 14.9 Å². The molecule has 0 saturated carbocycles. The van der Waals surface area contributed by atoms with E-state index in [2.05, 4.69) is 27.9 Å². The fourth-order valence-electron chi connectivity index (χ4n) is 5.25. The molecule has 0 bridgehead atoms. The first-order valence-corrected chi connectivity index (χ1v) is 13.0. The van der Waals surface area contributed by atoms with E-state index >= 15 is 0 Å². The number of benzene rings is 1. The van der Waals surface area contributed by atoms with Crippen molar-refractivity contribution in [2.45, 2.75) is 32.4 Å². The first-order valence-electron chi connectivity index (χ1n) is 12.6. The van der Waals surface area contributed by atoms with Gasteiger partial charge in [-0.15, -0.1) is 0 Å². The van der Waals surface area contributed by atoms with Gasteiger partial charge in [-0.3, -0.25) is 9.69 Å². The molecule has 4 heterocycles. The van der Waals surface area contributed by atoms with Crippen LogP contribution in [0.15, 0.2) is 48.7 Å². The van der Waals surface area contributed by atoms with Gasteiger partial charge >= 0.3 is 6.03 Å². The molecule has 2 aliphatic rings. The van der Waals surface area contributed by atoms with Crippen molar-refractivity contribution in [2.24, 2.45) is 0 Å². The first kappa shape index (κ1) is 25.5. The molecule has 9 nitrogen and oxygen atoms in total. The zero-order valence-electron chi connectivity index (χ0n) is 21.2. The second-order valence-corrected chi connectivity index (χ2v) is 9.63. The summed E-state index contributed by atoms with van der Waals surface area (Å²) < 4.78 is 5.65. The van der Waals surface area contributed by atoms with Crippen LogP contribution in [-0.4, -0.2) is 65.5 Å². The number of pyridine rings is 2. The Hall–Kier alpha value is -4.16. The Morgan fingerprint density at radius 3 is 2.68 bits per heavy atom. The van der Waals surface area contributed by atoms with Crippen LogP contribution in [0.3, 0.4) is 0 Å². The van der Waals surface area contributed by atoms with Crippen molar-refractivity contribution in [3.05, 3.63) is 64.9 Å². The molecule has 2 saturated heterocycles. The molecule has 5 rings (SSSR count). The Morgan fingerprint density at radius 2 is 1.95 bits per heavy atom. The number of urea groups is 1. The predicted molar refractivity (Wildman–Crippen MR) is 145 cm³/mol. The topological polar surface area (TPSA) is 103 Å². The van der Waals surface area contributed by atoms with E-state index in [0.29, 0.717) is 65.3 Å². The lowest BCUT2D eigenvalue weighted by Crippen LogP contribution is -2.57. The minimum Gasteiger partial charge on any atom is -0.477 e. The van der Waals surface area contributed by atoms with Crippen molar-refractivity contribution in [1.29, 1.82) is 5.26 Å². The molecular formula is C28H27ClN6O3. The van der Waals surface area contributed by atoms with E-state index in [1.54, 1.807) is 29.3 Å². The van der Waals surface area contributed by atoms with Gasteiger partial charge in [-0.25, -0.2) is 14.8 Å². The molecule has 38 heavy (non-hydrogen) atoms. The Kier molecular flexibility index (Phi) is 7.16. The first-order chi connectivity index (χ1) is 18.5. The average molecular weight is 531 g/mol. The van der Waals surface area contributed by atoms with Gasteiger partial charge in [0, 0.05) is 36.9 Å². The van der Waals surface area contributed by atoms with E-state index in [1.807, 2.05) is 36.1 Å². The fraction of sp³-hybridized carbons (Fsp3) is 0.321. The van der Waals surface area contributed by atoms with Crippen LogP contribution in [0.4, 0.5) is 16.2 Å². The summed E-state index contributed by atoms with van der Waals surface area (Å²) in [5.74, 6) is 0.468. The summed E-state index contributed by atoms with van der Waals surface area (Å²) in [4.78, 5) is 40.3. The molecule has 2 amide bonds. The zero-order chi connectivity index (χ0) is 26.8. The molecule has 2 fully saturated rings. The monoisotopic (exact) mass is 530 g/mol. The van der Waals surface area contributed by atoms with Crippen LogP contribution >= 0.6 is 11.6 Å². The summed E-state index contributed by atoms with van der Waals surface area (Å²) in [7, 11) is 0. The Balaban J connectivity index is 1.45. The molecule has 194 valence electrons. The second-order valence-electron chi connectivity index (χ2n) is 9.19. The van der Waals surface area contributed by atoms with Crippen molar-refractivity contribution in [2.75, 3.05) is 36.0 Å². The van der Waals surface area contributed by atoms with E-state index in [1.165, 1.54) is 0 Å². The Morgan fingerprint density at radius 1 is 1.13 bits per heavy atom. The molecule has 0 N–H and O–H groups in total. The number of hydrogen-bond donors (Lipinski definition) is 0. The van der Waals surface area contributed by atoms with Gasteiger partial charge in [-0.1, -0.05) is 18.5 Å². The molecule has 0 radical (unpaired) electrons. The smallest absolute Gasteiger partial charge is 0.325 e. The number of amides is 2. The summed E-state index contributed by atoms with van der Waals surface area (Å²) in [6.45, 7) is 5.89. The van der Waals surface area contributed by atoms with Crippen LogP contribution in [-0.2, 0) is 0 Å². The number of anilines is 2. The minimum atomic E-state index is -0.129. The van der Waals surface area contributed by atoms with E-state index in [4.69, 9.17) is 16.3 Å². The SMILES string of the molecule is CCOc1ncccc1-c1ccc(N2C[C@H]3CN(c4ccc(Cl)cc4C#N)C(=O)N3C[C@H]2CC)c(C=O)n1. The highest BCUT2D eigenvalue weighted by Gasteiger charge is 2.45. The molecular weight excluding hydrogens is 504 g/mol. The van der Waals surface area contributed by atoms with Gasteiger partial charge in [-0.05, 0) is 55.8 Å². The summed E-state index contributed by atoms with van der Waals surface area (Å²) in [6.07, 6.45) is 3.20. The highest BCUT2D eigenvalue weighted by Crippen LogP contribution is 2.35. The van der Waals surface area contributed by atoms with Crippen molar-refractivity contribution < 1.29 is 14.3 Å². The third-order valence-electron chi connectivity index (χ3n) is 7.06. The van der Waals surface area contributed by atoms with Gasteiger partial charge in [0.2, 0.25) is 5.88 Å². The largest absolute Gasteiger partial charge is 0.477 e. The van der Waals surface area contributed by atoms with Gasteiger partial charge in [0.05, 0.1) is 40.8 Å². The number of hydrogen-bond acceptors (Lipinski definition) is 7. The molecule has 0 spiro atoms. The summed E-state index contributed by atoms with van der Waals surface area (Å²) in [5, 5.41) is 10.1.